The van der Waals surface area contributed by atoms with Crippen LogP contribution < -0.4 is 0 Å². The lowest BCUT2D eigenvalue weighted by Gasteiger charge is -2.35. The molecule has 1 aliphatic heterocycles. The standard InChI is InChI=1S/C16H20O/c1-2-6-13(7-3-1)12-15-11-10-14-8-4-5-9-16(14)17-15/h1-3,6-7,10-11,14-16H,4-5,8-9,12H2/t14-,15+,16+/m1/s1. The zero-order valence-corrected chi connectivity index (χ0v) is 10.2. The van der Waals surface area contributed by atoms with Crippen molar-refractivity contribution in [3.05, 3.63) is 48.0 Å². The van der Waals surface area contributed by atoms with Gasteiger partial charge in [0, 0.05) is 12.3 Å². The first-order valence-corrected chi connectivity index (χ1v) is 6.79. The normalized spacial score (nSPS) is 32.1. The lowest BCUT2D eigenvalue weighted by Crippen LogP contribution is -2.34. The summed E-state index contributed by atoms with van der Waals surface area (Å²) in [6.07, 6.45) is 11.8. The lowest BCUT2D eigenvalue weighted by atomic mass is 9.84. The number of hydrogen-bond donors (Lipinski definition) is 0. The van der Waals surface area contributed by atoms with Crippen LogP contribution in [0.4, 0.5) is 0 Å². The minimum Gasteiger partial charge on any atom is -0.370 e. The van der Waals surface area contributed by atoms with Gasteiger partial charge in [-0.1, -0.05) is 55.3 Å². The van der Waals surface area contributed by atoms with Crippen LogP contribution in [-0.2, 0) is 11.2 Å². The van der Waals surface area contributed by atoms with Crippen LogP contribution in [0.15, 0.2) is 42.5 Å². The van der Waals surface area contributed by atoms with Crippen molar-refractivity contribution in [1.29, 1.82) is 0 Å². The molecule has 1 nitrogen and oxygen atoms in total. The van der Waals surface area contributed by atoms with Crippen LogP contribution in [0.3, 0.4) is 0 Å². The van der Waals surface area contributed by atoms with Crippen molar-refractivity contribution >= 4 is 0 Å². The molecule has 3 atom stereocenters. The van der Waals surface area contributed by atoms with Crippen molar-refractivity contribution in [3.8, 4) is 0 Å². The molecule has 1 aromatic rings. The van der Waals surface area contributed by atoms with Crippen molar-refractivity contribution in [2.45, 2.75) is 44.3 Å². The van der Waals surface area contributed by atoms with Gasteiger partial charge < -0.3 is 4.74 Å². The summed E-state index contributed by atoms with van der Waals surface area (Å²) in [5, 5.41) is 0. The van der Waals surface area contributed by atoms with Crippen LogP contribution >= 0.6 is 0 Å². The molecule has 2 aliphatic rings. The minimum atomic E-state index is 0.289. The van der Waals surface area contributed by atoms with Gasteiger partial charge in [-0.05, 0) is 18.4 Å². The molecule has 1 aromatic carbocycles. The summed E-state index contributed by atoms with van der Waals surface area (Å²) in [5.74, 6) is 0.691. The van der Waals surface area contributed by atoms with Gasteiger partial charge >= 0.3 is 0 Å². The lowest BCUT2D eigenvalue weighted by molar-refractivity contribution is -0.0386. The van der Waals surface area contributed by atoms with Crippen molar-refractivity contribution in [1.82, 2.24) is 0 Å². The van der Waals surface area contributed by atoms with Gasteiger partial charge in [0.1, 0.15) is 0 Å². The first kappa shape index (κ1) is 11.0. The average molecular weight is 228 g/mol. The van der Waals surface area contributed by atoms with Gasteiger partial charge in [0.2, 0.25) is 0 Å². The third-order valence-electron chi connectivity index (χ3n) is 3.96. The Bertz CT molecular complexity index is 382. The molecule has 1 saturated carbocycles. The topological polar surface area (TPSA) is 9.23 Å². The highest BCUT2D eigenvalue weighted by atomic mass is 16.5. The fourth-order valence-corrected chi connectivity index (χ4v) is 3.01. The third-order valence-corrected chi connectivity index (χ3v) is 3.96. The summed E-state index contributed by atoms with van der Waals surface area (Å²) in [6.45, 7) is 0. The largest absolute Gasteiger partial charge is 0.370 e. The molecule has 1 fully saturated rings. The van der Waals surface area contributed by atoms with Gasteiger partial charge in [0.25, 0.3) is 0 Å². The summed E-state index contributed by atoms with van der Waals surface area (Å²) in [7, 11) is 0. The van der Waals surface area contributed by atoms with Gasteiger partial charge in [-0.15, -0.1) is 0 Å². The van der Waals surface area contributed by atoms with E-state index in [4.69, 9.17) is 4.74 Å². The zero-order valence-electron chi connectivity index (χ0n) is 10.2. The van der Waals surface area contributed by atoms with Crippen LogP contribution in [0.25, 0.3) is 0 Å². The molecule has 1 aliphatic carbocycles. The molecule has 17 heavy (non-hydrogen) atoms. The van der Waals surface area contributed by atoms with E-state index in [0.29, 0.717) is 12.0 Å². The number of rotatable bonds is 2. The Morgan fingerprint density at radius 3 is 2.71 bits per heavy atom. The number of benzene rings is 1. The van der Waals surface area contributed by atoms with Crippen LogP contribution in [0.1, 0.15) is 31.2 Å². The monoisotopic (exact) mass is 228 g/mol. The van der Waals surface area contributed by atoms with Gasteiger partial charge in [-0.3, -0.25) is 0 Å². The predicted octanol–water partition coefficient (Wildman–Crippen LogP) is 3.74. The Balaban J connectivity index is 1.66. The van der Waals surface area contributed by atoms with E-state index in [1.807, 2.05) is 0 Å². The molecule has 0 N–H and O–H groups in total. The number of ether oxygens (including phenoxy) is 1. The van der Waals surface area contributed by atoms with E-state index >= 15 is 0 Å². The molecule has 0 spiro atoms. The fourth-order valence-electron chi connectivity index (χ4n) is 3.01. The second-order valence-corrected chi connectivity index (χ2v) is 5.24. The van der Waals surface area contributed by atoms with E-state index < -0.39 is 0 Å². The first-order chi connectivity index (χ1) is 8.42. The summed E-state index contributed by atoms with van der Waals surface area (Å²) >= 11 is 0. The highest BCUT2D eigenvalue weighted by Crippen LogP contribution is 2.32. The highest BCUT2D eigenvalue weighted by Gasteiger charge is 2.29. The second kappa shape index (κ2) is 5.05. The minimum absolute atomic E-state index is 0.289. The van der Waals surface area contributed by atoms with Crippen molar-refractivity contribution in [2.24, 2.45) is 5.92 Å². The molecule has 1 heteroatoms. The van der Waals surface area contributed by atoms with E-state index in [2.05, 4.69) is 42.5 Å². The molecule has 0 amide bonds. The molecule has 3 rings (SSSR count). The van der Waals surface area contributed by atoms with E-state index in [-0.39, 0.29) is 6.10 Å². The second-order valence-electron chi connectivity index (χ2n) is 5.24. The number of hydrogen-bond acceptors (Lipinski definition) is 1. The Morgan fingerprint density at radius 2 is 1.82 bits per heavy atom. The van der Waals surface area contributed by atoms with E-state index in [1.54, 1.807) is 0 Å². The van der Waals surface area contributed by atoms with Gasteiger partial charge in [-0.2, -0.15) is 0 Å². The molecule has 90 valence electrons. The third kappa shape index (κ3) is 2.61. The van der Waals surface area contributed by atoms with Crippen LogP contribution in [0.5, 0.6) is 0 Å². The first-order valence-electron chi connectivity index (χ1n) is 6.79. The quantitative estimate of drug-likeness (QED) is 0.701. The molecular formula is C16H20O. The molecule has 0 bridgehead atoms. The zero-order chi connectivity index (χ0) is 11.5. The highest BCUT2D eigenvalue weighted by molar-refractivity contribution is 5.17. The van der Waals surface area contributed by atoms with Gasteiger partial charge in [0.05, 0.1) is 12.2 Å². The van der Waals surface area contributed by atoms with Crippen LogP contribution in [0, 0.1) is 5.92 Å². The summed E-state index contributed by atoms with van der Waals surface area (Å²) in [6, 6.07) is 10.6. The predicted molar refractivity (Wildman–Crippen MR) is 69.9 cm³/mol. The number of fused-ring (bicyclic) bond motifs is 1. The molecule has 0 saturated heterocycles. The summed E-state index contributed by atoms with van der Waals surface area (Å²) < 4.78 is 6.21. The Hall–Kier alpha value is -1.08. The molecular weight excluding hydrogens is 208 g/mol. The SMILES string of the molecule is C1=C[C@H]2CCCC[C@@H]2O[C@@H]1Cc1ccccc1. The fraction of sp³-hybridized carbons (Fsp3) is 0.500. The van der Waals surface area contributed by atoms with Crippen molar-refractivity contribution in [3.63, 3.8) is 0 Å². The molecule has 0 unspecified atom stereocenters. The molecule has 0 aromatic heterocycles. The average Bonchev–Trinajstić information content (AvgIpc) is 2.40. The van der Waals surface area contributed by atoms with Gasteiger partial charge in [-0.25, -0.2) is 0 Å². The van der Waals surface area contributed by atoms with Crippen molar-refractivity contribution in [2.75, 3.05) is 0 Å². The maximum Gasteiger partial charge on any atom is 0.0800 e. The Labute approximate surface area is 103 Å². The van der Waals surface area contributed by atoms with Crippen LogP contribution in [-0.4, -0.2) is 12.2 Å². The van der Waals surface area contributed by atoms with Crippen molar-refractivity contribution < 1.29 is 4.74 Å². The van der Waals surface area contributed by atoms with E-state index in [1.165, 1.54) is 31.2 Å². The van der Waals surface area contributed by atoms with Gasteiger partial charge in [0.15, 0.2) is 0 Å². The van der Waals surface area contributed by atoms with E-state index in [0.717, 1.165) is 6.42 Å². The van der Waals surface area contributed by atoms with Crippen LogP contribution in [0.2, 0.25) is 0 Å². The smallest absolute Gasteiger partial charge is 0.0800 e. The Morgan fingerprint density at radius 1 is 1.00 bits per heavy atom. The Kier molecular flexibility index (Phi) is 3.28. The summed E-state index contributed by atoms with van der Waals surface area (Å²) in [5.41, 5.74) is 1.37. The van der Waals surface area contributed by atoms with E-state index in [9.17, 15) is 0 Å². The maximum atomic E-state index is 6.21. The maximum absolute atomic E-state index is 6.21. The summed E-state index contributed by atoms with van der Waals surface area (Å²) in [4.78, 5) is 0. The molecule has 1 heterocycles. The molecule has 0 radical (unpaired) electrons.